The molecule has 1 rings (SSSR count). The largest absolute Gasteiger partial charge is 0.480 e. The molecule has 0 spiro atoms. The number of aliphatic hydroxyl groups excluding tert-OH is 1. The quantitative estimate of drug-likeness (QED) is 0.660. The number of nitrogens with zero attached hydrogens (tertiary/aromatic N) is 3. The van der Waals surface area contributed by atoms with Crippen molar-refractivity contribution in [2.75, 3.05) is 52.9 Å². The van der Waals surface area contributed by atoms with Gasteiger partial charge < -0.3 is 20.0 Å². The number of aliphatic hydroxyl groups is 1. The molecule has 0 bridgehead atoms. The highest BCUT2D eigenvalue weighted by Crippen LogP contribution is 2.07. The average molecular weight is 301 g/mol. The number of carbonyl (C=O) groups is 2. The summed E-state index contributed by atoms with van der Waals surface area (Å²) in [6, 6.07) is 0.0103. The van der Waals surface area contributed by atoms with E-state index in [0.717, 1.165) is 32.2 Å². The van der Waals surface area contributed by atoms with E-state index in [2.05, 4.69) is 0 Å². The van der Waals surface area contributed by atoms with Gasteiger partial charge in [0, 0.05) is 46.4 Å². The van der Waals surface area contributed by atoms with Crippen molar-refractivity contribution in [1.29, 1.82) is 0 Å². The van der Waals surface area contributed by atoms with Gasteiger partial charge in [-0.2, -0.15) is 0 Å². The lowest BCUT2D eigenvalue weighted by Gasteiger charge is -2.27. The monoisotopic (exact) mass is 301 g/mol. The van der Waals surface area contributed by atoms with E-state index in [9.17, 15) is 9.59 Å². The maximum atomic E-state index is 12.3. The molecule has 1 saturated heterocycles. The number of rotatable bonds is 7. The summed E-state index contributed by atoms with van der Waals surface area (Å²) in [6.07, 6.45) is 3.38. The predicted octanol–water partition coefficient (Wildman–Crippen LogP) is 0.293. The fourth-order valence-corrected chi connectivity index (χ4v) is 2.49. The van der Waals surface area contributed by atoms with Gasteiger partial charge in [0.25, 0.3) is 0 Å². The summed E-state index contributed by atoms with van der Waals surface area (Å²) in [4.78, 5) is 28.4. The van der Waals surface area contributed by atoms with E-state index in [-0.39, 0.29) is 19.2 Å². The summed E-state index contributed by atoms with van der Waals surface area (Å²) < 4.78 is 0. The highest BCUT2D eigenvalue weighted by atomic mass is 16.4. The Morgan fingerprint density at radius 3 is 2.52 bits per heavy atom. The fraction of sp³-hybridized carbons (Fsp3) is 0.857. The van der Waals surface area contributed by atoms with E-state index in [1.807, 2.05) is 4.90 Å². The summed E-state index contributed by atoms with van der Waals surface area (Å²) in [5.41, 5.74) is 0. The lowest BCUT2D eigenvalue weighted by Crippen LogP contribution is -2.43. The molecule has 2 N–H and O–H groups in total. The number of hydrogen-bond acceptors (Lipinski definition) is 4. The van der Waals surface area contributed by atoms with Gasteiger partial charge in [-0.15, -0.1) is 0 Å². The number of amides is 2. The SMILES string of the molecule is CN(CCCCCO)C(=O)N1CCCN(CC(=O)O)CC1. The molecule has 7 heteroatoms. The second-order valence-corrected chi connectivity index (χ2v) is 5.50. The van der Waals surface area contributed by atoms with Crippen LogP contribution in [0.3, 0.4) is 0 Å². The highest BCUT2D eigenvalue weighted by Gasteiger charge is 2.22. The van der Waals surface area contributed by atoms with Crippen molar-refractivity contribution >= 4 is 12.0 Å². The predicted molar refractivity (Wildman–Crippen MR) is 79.2 cm³/mol. The van der Waals surface area contributed by atoms with Gasteiger partial charge in [0.15, 0.2) is 0 Å². The Labute approximate surface area is 126 Å². The van der Waals surface area contributed by atoms with Gasteiger partial charge in [-0.1, -0.05) is 0 Å². The molecule has 0 aromatic rings. The lowest BCUT2D eigenvalue weighted by atomic mass is 10.2. The molecular formula is C14H27N3O4. The van der Waals surface area contributed by atoms with Crippen molar-refractivity contribution in [1.82, 2.24) is 14.7 Å². The molecule has 1 fully saturated rings. The Kier molecular flexibility index (Phi) is 8.07. The third kappa shape index (κ3) is 6.77. The van der Waals surface area contributed by atoms with E-state index in [1.54, 1.807) is 16.8 Å². The molecule has 0 atom stereocenters. The first-order valence-electron chi connectivity index (χ1n) is 7.59. The minimum atomic E-state index is -0.823. The number of hydrogen-bond donors (Lipinski definition) is 2. The molecular weight excluding hydrogens is 274 g/mol. The molecule has 122 valence electrons. The van der Waals surface area contributed by atoms with E-state index in [4.69, 9.17) is 10.2 Å². The molecule has 0 aromatic heterocycles. The first kappa shape index (κ1) is 17.7. The zero-order valence-electron chi connectivity index (χ0n) is 12.8. The van der Waals surface area contributed by atoms with Crippen LogP contribution in [0.1, 0.15) is 25.7 Å². The zero-order valence-corrected chi connectivity index (χ0v) is 12.8. The molecule has 7 nitrogen and oxygen atoms in total. The van der Waals surface area contributed by atoms with Crippen molar-refractivity contribution in [3.63, 3.8) is 0 Å². The molecule has 0 aromatic carbocycles. The third-order valence-electron chi connectivity index (χ3n) is 3.70. The first-order chi connectivity index (χ1) is 10.0. The van der Waals surface area contributed by atoms with Gasteiger partial charge in [-0.05, 0) is 25.7 Å². The number of carbonyl (C=O) groups excluding carboxylic acids is 1. The second kappa shape index (κ2) is 9.57. The van der Waals surface area contributed by atoms with Gasteiger partial charge in [0.2, 0.25) is 0 Å². The Balaban J connectivity index is 2.34. The van der Waals surface area contributed by atoms with Crippen LogP contribution in [0, 0.1) is 0 Å². The van der Waals surface area contributed by atoms with Crippen LogP contribution >= 0.6 is 0 Å². The van der Waals surface area contributed by atoms with Gasteiger partial charge in [-0.25, -0.2) is 4.79 Å². The van der Waals surface area contributed by atoms with Crippen LogP contribution in [0.4, 0.5) is 4.79 Å². The molecule has 1 heterocycles. The Morgan fingerprint density at radius 1 is 1.10 bits per heavy atom. The van der Waals surface area contributed by atoms with Crippen molar-refractivity contribution in [3.05, 3.63) is 0 Å². The van der Waals surface area contributed by atoms with Gasteiger partial charge in [0.05, 0.1) is 6.54 Å². The minimum Gasteiger partial charge on any atom is -0.480 e. The van der Waals surface area contributed by atoms with Crippen LogP contribution < -0.4 is 0 Å². The second-order valence-electron chi connectivity index (χ2n) is 5.50. The Hall–Kier alpha value is -1.34. The molecule has 0 unspecified atom stereocenters. The Morgan fingerprint density at radius 2 is 1.86 bits per heavy atom. The van der Waals surface area contributed by atoms with Crippen LogP contribution in [0.25, 0.3) is 0 Å². The maximum absolute atomic E-state index is 12.3. The first-order valence-corrected chi connectivity index (χ1v) is 7.59. The van der Waals surface area contributed by atoms with Gasteiger partial charge in [-0.3, -0.25) is 9.69 Å². The average Bonchev–Trinajstić information content (AvgIpc) is 2.67. The summed E-state index contributed by atoms with van der Waals surface area (Å²) in [6.45, 7) is 3.51. The van der Waals surface area contributed by atoms with Crippen LogP contribution in [0.2, 0.25) is 0 Å². The standard InChI is InChI=1S/C14H27N3O4/c1-15(6-3-2-4-11-18)14(21)17-8-5-7-16(9-10-17)12-13(19)20/h18H,2-12H2,1H3,(H,19,20). The topological polar surface area (TPSA) is 84.3 Å². The normalized spacial score (nSPS) is 16.6. The number of carboxylic acid groups (broad SMARTS) is 1. The summed E-state index contributed by atoms with van der Waals surface area (Å²) in [7, 11) is 1.79. The van der Waals surface area contributed by atoms with Crippen LogP contribution in [0.15, 0.2) is 0 Å². The van der Waals surface area contributed by atoms with Crippen LogP contribution in [-0.2, 0) is 4.79 Å². The van der Waals surface area contributed by atoms with Crippen molar-refractivity contribution in [2.24, 2.45) is 0 Å². The minimum absolute atomic E-state index is 0.0103. The van der Waals surface area contributed by atoms with Crippen molar-refractivity contribution in [2.45, 2.75) is 25.7 Å². The highest BCUT2D eigenvalue weighted by molar-refractivity contribution is 5.74. The molecule has 1 aliphatic heterocycles. The van der Waals surface area contributed by atoms with Crippen molar-refractivity contribution in [3.8, 4) is 0 Å². The van der Waals surface area contributed by atoms with E-state index in [0.29, 0.717) is 26.2 Å². The molecule has 2 amide bonds. The number of unbranched alkanes of at least 4 members (excludes halogenated alkanes) is 2. The van der Waals surface area contributed by atoms with Gasteiger partial charge >= 0.3 is 12.0 Å². The molecule has 21 heavy (non-hydrogen) atoms. The summed E-state index contributed by atoms with van der Waals surface area (Å²) in [5.74, 6) is -0.823. The fourth-order valence-electron chi connectivity index (χ4n) is 2.49. The van der Waals surface area contributed by atoms with E-state index in [1.165, 1.54) is 0 Å². The lowest BCUT2D eigenvalue weighted by molar-refractivity contribution is -0.138. The molecule has 0 radical (unpaired) electrons. The van der Waals surface area contributed by atoms with E-state index >= 15 is 0 Å². The van der Waals surface area contributed by atoms with Crippen LogP contribution in [-0.4, -0.2) is 89.8 Å². The summed E-state index contributed by atoms with van der Waals surface area (Å²) >= 11 is 0. The third-order valence-corrected chi connectivity index (χ3v) is 3.70. The maximum Gasteiger partial charge on any atom is 0.319 e. The van der Waals surface area contributed by atoms with Gasteiger partial charge in [0.1, 0.15) is 0 Å². The van der Waals surface area contributed by atoms with Crippen LogP contribution in [0.5, 0.6) is 0 Å². The van der Waals surface area contributed by atoms with E-state index < -0.39 is 5.97 Å². The molecule has 1 aliphatic rings. The Bertz CT molecular complexity index is 338. The summed E-state index contributed by atoms with van der Waals surface area (Å²) in [5, 5.41) is 17.5. The molecule has 0 saturated carbocycles. The number of aliphatic carboxylic acids is 1. The van der Waals surface area contributed by atoms with Crippen molar-refractivity contribution < 1.29 is 19.8 Å². The molecule has 0 aliphatic carbocycles. The zero-order chi connectivity index (χ0) is 15.7. The number of urea groups is 1. The smallest absolute Gasteiger partial charge is 0.319 e. The number of carboxylic acids is 1.